The summed E-state index contributed by atoms with van der Waals surface area (Å²) >= 11 is 0. The molecule has 0 aromatic heterocycles. The molecule has 1 aromatic carbocycles. The molecule has 0 radical (unpaired) electrons. The number of urea groups is 1. The van der Waals surface area contributed by atoms with Gasteiger partial charge in [-0.1, -0.05) is 39.0 Å². The molecule has 1 saturated heterocycles. The highest BCUT2D eigenvalue weighted by molar-refractivity contribution is 5.78. The van der Waals surface area contributed by atoms with Gasteiger partial charge >= 0.3 is 6.03 Å². The number of hydrogen-bond donors (Lipinski definition) is 1. The Bertz CT molecular complexity index is 551. The number of nitrogens with zero attached hydrogens (tertiary/aromatic N) is 2. The van der Waals surface area contributed by atoms with E-state index in [-0.39, 0.29) is 17.5 Å². The predicted octanol–water partition coefficient (Wildman–Crippen LogP) is 2.84. The summed E-state index contributed by atoms with van der Waals surface area (Å²) in [6, 6.07) is 5.93. The van der Waals surface area contributed by atoms with Crippen molar-refractivity contribution in [2.24, 2.45) is 0 Å². The van der Waals surface area contributed by atoms with E-state index in [2.05, 4.69) is 44.3 Å². The zero-order valence-electron chi connectivity index (χ0n) is 11.8. The standard InChI is InChI=1S/C15H19N3O/c1-10-5-6-11(15(2,3)4)7-12(10)13-8-18(9-16)14(19)17-13/h5-7,13H,8H2,1-4H3,(H,17,19). The highest BCUT2D eigenvalue weighted by Crippen LogP contribution is 2.29. The fourth-order valence-corrected chi connectivity index (χ4v) is 2.28. The van der Waals surface area contributed by atoms with Gasteiger partial charge in [0.15, 0.2) is 6.19 Å². The van der Waals surface area contributed by atoms with Crippen molar-refractivity contribution in [1.29, 1.82) is 5.26 Å². The van der Waals surface area contributed by atoms with Gasteiger partial charge in [-0.05, 0) is 29.0 Å². The van der Waals surface area contributed by atoms with E-state index >= 15 is 0 Å². The molecule has 0 spiro atoms. The molecule has 0 aliphatic carbocycles. The van der Waals surface area contributed by atoms with Crippen LogP contribution in [0.15, 0.2) is 18.2 Å². The van der Waals surface area contributed by atoms with Gasteiger partial charge in [-0.25, -0.2) is 9.69 Å². The van der Waals surface area contributed by atoms with E-state index in [1.807, 2.05) is 13.1 Å². The lowest BCUT2D eigenvalue weighted by molar-refractivity contribution is 0.232. The molecule has 2 rings (SSSR count). The molecule has 1 N–H and O–H groups in total. The number of nitrogens with one attached hydrogen (secondary N) is 1. The van der Waals surface area contributed by atoms with E-state index in [0.29, 0.717) is 6.54 Å². The van der Waals surface area contributed by atoms with Gasteiger partial charge in [-0.2, -0.15) is 5.26 Å². The van der Waals surface area contributed by atoms with Gasteiger partial charge in [0, 0.05) is 0 Å². The fraction of sp³-hybridized carbons (Fsp3) is 0.467. The van der Waals surface area contributed by atoms with Crippen molar-refractivity contribution in [2.75, 3.05) is 6.54 Å². The van der Waals surface area contributed by atoms with E-state index < -0.39 is 0 Å². The van der Waals surface area contributed by atoms with E-state index in [1.54, 1.807) is 0 Å². The van der Waals surface area contributed by atoms with Crippen LogP contribution in [0.25, 0.3) is 0 Å². The summed E-state index contributed by atoms with van der Waals surface area (Å²) in [5.41, 5.74) is 3.54. The molecule has 1 unspecified atom stereocenters. The Morgan fingerprint density at radius 1 is 1.42 bits per heavy atom. The number of amides is 2. The fourth-order valence-electron chi connectivity index (χ4n) is 2.28. The van der Waals surface area contributed by atoms with Crippen LogP contribution in [-0.4, -0.2) is 17.5 Å². The average Bonchev–Trinajstić information content (AvgIpc) is 2.69. The number of carbonyl (C=O) groups is 1. The lowest BCUT2D eigenvalue weighted by Crippen LogP contribution is -2.24. The van der Waals surface area contributed by atoms with Crippen LogP contribution in [0, 0.1) is 18.4 Å². The quantitative estimate of drug-likeness (QED) is 0.786. The summed E-state index contributed by atoms with van der Waals surface area (Å²) in [5.74, 6) is 0. The Labute approximate surface area is 114 Å². The van der Waals surface area contributed by atoms with Crippen molar-refractivity contribution in [1.82, 2.24) is 10.2 Å². The minimum Gasteiger partial charge on any atom is -0.328 e. The van der Waals surface area contributed by atoms with E-state index in [0.717, 1.165) is 16.0 Å². The Morgan fingerprint density at radius 3 is 2.63 bits per heavy atom. The SMILES string of the molecule is Cc1ccc(C(C)(C)C)cc1C1CN(C#N)C(=O)N1. The normalized spacial score (nSPS) is 19.2. The van der Waals surface area contributed by atoms with Crippen molar-refractivity contribution in [2.45, 2.75) is 39.2 Å². The van der Waals surface area contributed by atoms with Crippen LogP contribution in [0.2, 0.25) is 0 Å². The van der Waals surface area contributed by atoms with Crippen LogP contribution in [-0.2, 0) is 5.41 Å². The number of rotatable bonds is 1. The third-order valence-electron chi connectivity index (χ3n) is 3.55. The third kappa shape index (κ3) is 2.55. The molecule has 100 valence electrons. The van der Waals surface area contributed by atoms with Crippen LogP contribution < -0.4 is 5.32 Å². The number of benzene rings is 1. The first-order valence-corrected chi connectivity index (χ1v) is 6.41. The Balaban J connectivity index is 2.36. The first-order chi connectivity index (χ1) is 8.82. The lowest BCUT2D eigenvalue weighted by atomic mass is 9.84. The lowest BCUT2D eigenvalue weighted by Gasteiger charge is -2.22. The van der Waals surface area contributed by atoms with Gasteiger partial charge in [-0.3, -0.25) is 0 Å². The molecule has 0 bridgehead atoms. The maximum atomic E-state index is 11.6. The van der Waals surface area contributed by atoms with Gasteiger partial charge in [0.25, 0.3) is 0 Å². The summed E-state index contributed by atoms with van der Waals surface area (Å²) in [5, 5.41) is 11.7. The van der Waals surface area contributed by atoms with Crippen molar-refractivity contribution in [3.8, 4) is 6.19 Å². The maximum absolute atomic E-state index is 11.6. The molecule has 4 heteroatoms. The molecular weight excluding hydrogens is 238 g/mol. The number of nitriles is 1. The molecule has 1 heterocycles. The Kier molecular flexibility index (Phi) is 3.23. The highest BCUT2D eigenvalue weighted by atomic mass is 16.2. The summed E-state index contributed by atoms with van der Waals surface area (Å²) in [6.07, 6.45) is 1.90. The molecule has 1 fully saturated rings. The smallest absolute Gasteiger partial charge is 0.328 e. The van der Waals surface area contributed by atoms with Gasteiger partial charge in [0.2, 0.25) is 0 Å². The van der Waals surface area contributed by atoms with Crippen LogP contribution in [0.3, 0.4) is 0 Å². The van der Waals surface area contributed by atoms with Crippen molar-refractivity contribution in [3.63, 3.8) is 0 Å². The van der Waals surface area contributed by atoms with Crippen molar-refractivity contribution >= 4 is 6.03 Å². The van der Waals surface area contributed by atoms with Crippen molar-refractivity contribution < 1.29 is 4.79 Å². The van der Waals surface area contributed by atoms with Crippen LogP contribution in [0.1, 0.15) is 43.5 Å². The summed E-state index contributed by atoms with van der Waals surface area (Å²) in [6.45, 7) is 8.93. The zero-order valence-corrected chi connectivity index (χ0v) is 11.8. The second kappa shape index (κ2) is 4.58. The van der Waals surface area contributed by atoms with Crippen LogP contribution in [0.5, 0.6) is 0 Å². The average molecular weight is 257 g/mol. The zero-order chi connectivity index (χ0) is 14.2. The maximum Gasteiger partial charge on any atom is 0.331 e. The summed E-state index contributed by atoms with van der Waals surface area (Å²) < 4.78 is 0. The first-order valence-electron chi connectivity index (χ1n) is 6.41. The molecule has 1 aliphatic rings. The predicted molar refractivity (Wildman–Crippen MR) is 73.5 cm³/mol. The molecule has 4 nitrogen and oxygen atoms in total. The Morgan fingerprint density at radius 2 is 2.11 bits per heavy atom. The summed E-state index contributed by atoms with van der Waals surface area (Å²) in [4.78, 5) is 12.7. The molecule has 2 amide bonds. The third-order valence-corrected chi connectivity index (χ3v) is 3.55. The largest absolute Gasteiger partial charge is 0.331 e. The second-order valence-corrected chi connectivity index (χ2v) is 6.03. The highest BCUT2D eigenvalue weighted by Gasteiger charge is 2.31. The van der Waals surface area contributed by atoms with E-state index in [1.165, 1.54) is 5.56 Å². The van der Waals surface area contributed by atoms with Gasteiger partial charge in [0.05, 0.1) is 12.6 Å². The van der Waals surface area contributed by atoms with Crippen molar-refractivity contribution in [3.05, 3.63) is 34.9 Å². The molecule has 1 atom stereocenters. The topological polar surface area (TPSA) is 56.1 Å². The minimum absolute atomic E-state index is 0.0694. The van der Waals surface area contributed by atoms with Gasteiger partial charge in [0.1, 0.15) is 0 Å². The van der Waals surface area contributed by atoms with E-state index in [4.69, 9.17) is 5.26 Å². The first kappa shape index (κ1) is 13.4. The van der Waals surface area contributed by atoms with Gasteiger partial charge < -0.3 is 5.32 Å². The van der Waals surface area contributed by atoms with E-state index in [9.17, 15) is 4.79 Å². The molecular formula is C15H19N3O. The molecule has 19 heavy (non-hydrogen) atoms. The molecule has 1 aromatic rings. The van der Waals surface area contributed by atoms with Crippen LogP contribution >= 0.6 is 0 Å². The van der Waals surface area contributed by atoms with Crippen LogP contribution in [0.4, 0.5) is 4.79 Å². The number of aryl methyl sites for hydroxylation is 1. The number of carbonyl (C=O) groups excluding carboxylic acids is 1. The van der Waals surface area contributed by atoms with Gasteiger partial charge in [-0.15, -0.1) is 0 Å². The molecule has 0 saturated carbocycles. The minimum atomic E-state index is -0.312. The second-order valence-electron chi connectivity index (χ2n) is 6.03. The Hall–Kier alpha value is -2.02. The number of hydrogen-bond acceptors (Lipinski definition) is 2. The molecule has 1 aliphatic heterocycles. The monoisotopic (exact) mass is 257 g/mol. The summed E-state index contributed by atoms with van der Waals surface area (Å²) in [7, 11) is 0.